The highest BCUT2D eigenvalue weighted by Gasteiger charge is 2.19. The monoisotopic (exact) mass is 328 g/mol. The molecule has 4 nitrogen and oxygen atoms in total. The zero-order chi connectivity index (χ0) is 17.5. The highest BCUT2D eigenvalue weighted by molar-refractivity contribution is 5.85. The third kappa shape index (κ3) is 4.47. The minimum absolute atomic E-state index is 0.228. The van der Waals surface area contributed by atoms with Crippen LogP contribution in [-0.2, 0) is 19.5 Å². The fraction of sp³-hybridized carbons (Fsp3) is 0.500. The molecule has 0 radical (unpaired) electrons. The Balaban J connectivity index is 2.17. The van der Waals surface area contributed by atoms with Crippen LogP contribution in [0.4, 0.5) is 0 Å². The van der Waals surface area contributed by atoms with Crippen LogP contribution in [-0.4, -0.2) is 10.5 Å². The van der Waals surface area contributed by atoms with E-state index in [1.807, 2.05) is 12.1 Å². The van der Waals surface area contributed by atoms with Gasteiger partial charge in [0.1, 0.15) is 18.4 Å². The summed E-state index contributed by atoms with van der Waals surface area (Å²) in [7, 11) is 0. The Hall–Kier alpha value is -2.10. The van der Waals surface area contributed by atoms with E-state index in [-0.39, 0.29) is 5.56 Å². The van der Waals surface area contributed by atoms with Gasteiger partial charge in [0, 0.05) is 13.3 Å². The number of hydrogen-bond donors (Lipinski definition) is 0. The minimum Gasteiger partial charge on any atom is -0.545 e. The van der Waals surface area contributed by atoms with Gasteiger partial charge in [-0.05, 0) is 24.5 Å². The first-order valence-electron chi connectivity index (χ1n) is 8.95. The van der Waals surface area contributed by atoms with Crippen LogP contribution in [0.3, 0.4) is 0 Å². The van der Waals surface area contributed by atoms with Crippen molar-refractivity contribution in [3.8, 4) is 0 Å². The molecule has 0 bridgehead atoms. The van der Waals surface area contributed by atoms with E-state index in [2.05, 4.69) is 36.1 Å². The first kappa shape index (κ1) is 18.2. The number of carbonyl (C=O) groups excluding carboxylic acids is 1. The van der Waals surface area contributed by atoms with Gasteiger partial charge in [-0.15, -0.1) is 0 Å². The van der Waals surface area contributed by atoms with Crippen LogP contribution in [0.2, 0.25) is 0 Å². The van der Waals surface area contributed by atoms with Gasteiger partial charge in [0.05, 0.1) is 12.5 Å². The van der Waals surface area contributed by atoms with E-state index in [1.54, 1.807) is 12.1 Å². The molecule has 24 heavy (non-hydrogen) atoms. The van der Waals surface area contributed by atoms with Gasteiger partial charge in [0.2, 0.25) is 0 Å². The van der Waals surface area contributed by atoms with E-state index in [0.717, 1.165) is 25.1 Å². The van der Waals surface area contributed by atoms with E-state index in [4.69, 9.17) is 0 Å². The number of hydrogen-bond acceptors (Lipinski definition) is 2. The third-order valence-corrected chi connectivity index (χ3v) is 4.52. The fourth-order valence-corrected chi connectivity index (χ4v) is 3.23. The Morgan fingerprint density at radius 3 is 2.42 bits per heavy atom. The smallest absolute Gasteiger partial charge is 0.256 e. The lowest BCUT2D eigenvalue weighted by Crippen LogP contribution is -2.37. The van der Waals surface area contributed by atoms with Crippen molar-refractivity contribution >= 4 is 5.97 Å². The summed E-state index contributed by atoms with van der Waals surface area (Å²) in [5.41, 5.74) is 2.60. The summed E-state index contributed by atoms with van der Waals surface area (Å²) in [6, 6.07) is 6.99. The van der Waals surface area contributed by atoms with Gasteiger partial charge < -0.3 is 9.90 Å². The molecule has 1 aromatic heterocycles. The molecular formula is C20H28N2O2. The van der Waals surface area contributed by atoms with Crippen molar-refractivity contribution in [3.05, 3.63) is 53.1 Å². The van der Waals surface area contributed by atoms with Crippen molar-refractivity contribution in [3.63, 3.8) is 0 Å². The zero-order valence-electron chi connectivity index (χ0n) is 15.0. The first-order valence-corrected chi connectivity index (χ1v) is 8.95. The first-order chi connectivity index (χ1) is 11.6. The van der Waals surface area contributed by atoms with Crippen LogP contribution in [0, 0.1) is 6.92 Å². The number of carboxylic acid groups (broad SMARTS) is 1. The third-order valence-electron chi connectivity index (χ3n) is 4.52. The molecule has 2 rings (SSSR count). The van der Waals surface area contributed by atoms with Crippen molar-refractivity contribution in [1.29, 1.82) is 0 Å². The Labute approximate surface area is 144 Å². The van der Waals surface area contributed by atoms with Crippen molar-refractivity contribution in [2.45, 2.75) is 66.0 Å². The summed E-state index contributed by atoms with van der Waals surface area (Å²) >= 11 is 0. The van der Waals surface area contributed by atoms with E-state index in [9.17, 15) is 9.90 Å². The van der Waals surface area contributed by atoms with Gasteiger partial charge in [0.15, 0.2) is 0 Å². The van der Waals surface area contributed by atoms with Crippen molar-refractivity contribution < 1.29 is 14.5 Å². The number of rotatable bonds is 9. The number of aromatic carboxylic acids is 1. The molecule has 0 saturated carbocycles. The molecule has 0 aliphatic carbocycles. The second-order valence-electron chi connectivity index (χ2n) is 6.35. The Kier molecular flexibility index (Phi) is 6.59. The molecule has 0 spiro atoms. The highest BCUT2D eigenvalue weighted by atomic mass is 16.4. The van der Waals surface area contributed by atoms with Crippen molar-refractivity contribution in [2.24, 2.45) is 0 Å². The van der Waals surface area contributed by atoms with Gasteiger partial charge in [-0.1, -0.05) is 50.5 Å². The van der Waals surface area contributed by atoms with Gasteiger partial charge >= 0.3 is 0 Å². The molecule has 4 heteroatoms. The maximum atomic E-state index is 10.9. The summed E-state index contributed by atoms with van der Waals surface area (Å²) in [6.45, 7) is 8.31. The number of nitrogens with zero attached hydrogens (tertiary/aromatic N) is 2. The summed E-state index contributed by atoms with van der Waals surface area (Å²) in [5.74, 6) is 0.230. The van der Waals surface area contributed by atoms with Gasteiger partial charge in [-0.3, -0.25) is 0 Å². The summed E-state index contributed by atoms with van der Waals surface area (Å²) in [4.78, 5) is 10.9. The fourth-order valence-electron chi connectivity index (χ4n) is 3.23. The van der Waals surface area contributed by atoms with E-state index >= 15 is 0 Å². The van der Waals surface area contributed by atoms with Crippen LogP contribution in [0.15, 0.2) is 30.5 Å². The number of carbonyl (C=O) groups is 1. The number of aromatic nitrogens is 2. The average molecular weight is 328 g/mol. The number of unbranched alkanes of at least 4 members (excludes halogenated alkanes) is 3. The Morgan fingerprint density at radius 1 is 1.12 bits per heavy atom. The molecule has 0 saturated heterocycles. The Bertz CT molecular complexity index is 672. The topological polar surface area (TPSA) is 48.9 Å². The molecule has 1 aromatic carbocycles. The number of carboxylic acids is 1. The number of benzene rings is 1. The van der Waals surface area contributed by atoms with Gasteiger partial charge in [-0.2, -0.15) is 0 Å². The predicted molar refractivity (Wildman–Crippen MR) is 92.8 cm³/mol. The maximum absolute atomic E-state index is 10.9. The number of imidazole rings is 1. The van der Waals surface area contributed by atoms with Gasteiger partial charge in [-0.25, -0.2) is 9.13 Å². The van der Waals surface area contributed by atoms with E-state index < -0.39 is 5.97 Å². The molecule has 0 amide bonds. The second kappa shape index (κ2) is 8.67. The lowest BCUT2D eigenvalue weighted by Gasteiger charge is -2.06. The molecule has 0 aliphatic rings. The quantitative estimate of drug-likeness (QED) is 0.525. The lowest BCUT2D eigenvalue weighted by atomic mass is 10.1. The van der Waals surface area contributed by atoms with Crippen LogP contribution >= 0.6 is 0 Å². The van der Waals surface area contributed by atoms with Crippen LogP contribution in [0.5, 0.6) is 0 Å². The van der Waals surface area contributed by atoms with Crippen LogP contribution < -0.4 is 9.67 Å². The summed E-state index contributed by atoms with van der Waals surface area (Å²) in [6.07, 6.45) is 8.30. The highest BCUT2D eigenvalue weighted by Crippen LogP contribution is 2.11. The molecule has 130 valence electrons. The van der Waals surface area contributed by atoms with Crippen LogP contribution in [0.1, 0.15) is 67.0 Å². The lowest BCUT2D eigenvalue weighted by molar-refractivity contribution is -0.695. The van der Waals surface area contributed by atoms with E-state index in [0.29, 0.717) is 0 Å². The zero-order valence-corrected chi connectivity index (χ0v) is 15.0. The summed E-state index contributed by atoms with van der Waals surface area (Å²) in [5, 5.41) is 10.9. The summed E-state index contributed by atoms with van der Waals surface area (Å²) < 4.78 is 4.68. The molecular weight excluding hydrogens is 300 g/mol. The molecule has 0 aliphatic heterocycles. The maximum Gasteiger partial charge on any atom is 0.256 e. The standard InChI is InChI=1S/C20H28N2O2/c1-4-6-7-8-9-19-21(14-16(3)22(19)5-2)15-17-10-12-18(13-11-17)20(23)24/h10-14H,4-9,15H2,1-3H3. The normalized spacial score (nSPS) is 11.0. The Morgan fingerprint density at radius 2 is 1.83 bits per heavy atom. The molecule has 0 fully saturated rings. The largest absolute Gasteiger partial charge is 0.545 e. The van der Waals surface area contributed by atoms with Crippen LogP contribution in [0.25, 0.3) is 0 Å². The molecule has 0 unspecified atom stereocenters. The van der Waals surface area contributed by atoms with E-state index in [1.165, 1.54) is 37.2 Å². The molecule has 2 aromatic rings. The second-order valence-corrected chi connectivity index (χ2v) is 6.35. The molecule has 0 atom stereocenters. The molecule has 1 heterocycles. The van der Waals surface area contributed by atoms with Gasteiger partial charge in [0.25, 0.3) is 5.82 Å². The van der Waals surface area contributed by atoms with Crippen molar-refractivity contribution in [2.75, 3.05) is 0 Å². The predicted octanol–water partition coefficient (Wildman–Crippen LogP) is 2.64. The molecule has 0 N–H and O–H groups in total. The number of aryl methyl sites for hydroxylation is 1. The van der Waals surface area contributed by atoms with Crippen molar-refractivity contribution in [1.82, 2.24) is 4.57 Å². The minimum atomic E-state index is -1.13. The SMILES string of the molecule is CCCCCCc1n(CC)c(C)c[n+]1Cc1ccc(C(=O)[O-])cc1. The average Bonchev–Trinajstić information content (AvgIpc) is 2.86.